The van der Waals surface area contributed by atoms with Crippen LogP contribution < -0.4 is 20.1 Å². The van der Waals surface area contributed by atoms with Crippen LogP contribution in [0.5, 0.6) is 11.5 Å². The van der Waals surface area contributed by atoms with Crippen molar-refractivity contribution in [3.8, 4) is 11.5 Å². The van der Waals surface area contributed by atoms with Crippen LogP contribution in [0.15, 0.2) is 18.2 Å². The number of nitrogens with zero attached hydrogens (tertiary/aromatic N) is 2. The molecule has 1 aromatic carbocycles. The van der Waals surface area contributed by atoms with Crippen molar-refractivity contribution < 1.29 is 19.1 Å². The molecule has 0 fully saturated rings. The van der Waals surface area contributed by atoms with Gasteiger partial charge in [0.25, 0.3) is 0 Å². The molecule has 2 amide bonds. The smallest absolute Gasteiger partial charge is 0.236 e. The molecule has 26 heavy (non-hydrogen) atoms. The third-order valence-corrected chi connectivity index (χ3v) is 5.38. The first-order chi connectivity index (χ1) is 12.5. The second-order valence-electron chi connectivity index (χ2n) is 5.76. The summed E-state index contributed by atoms with van der Waals surface area (Å²) in [4.78, 5) is 23.9. The molecule has 3 rings (SSSR count). The molecule has 0 saturated carbocycles. The molecule has 2 N–H and O–H groups in total. The number of rotatable bonds is 7. The van der Waals surface area contributed by atoms with Crippen LogP contribution in [0, 0.1) is 0 Å². The van der Waals surface area contributed by atoms with Crippen molar-refractivity contribution in [2.75, 3.05) is 28.9 Å². The number of fused-ring (bicyclic) bond motifs is 1. The predicted molar refractivity (Wildman–Crippen MR) is 101 cm³/mol. The zero-order chi connectivity index (χ0) is 18.5. The monoisotopic (exact) mass is 394 g/mol. The Hall–Kier alpha value is -2.33. The van der Waals surface area contributed by atoms with Gasteiger partial charge in [-0.15, -0.1) is 22.0 Å². The Bertz CT molecular complexity index is 809. The van der Waals surface area contributed by atoms with Gasteiger partial charge in [-0.2, -0.15) is 0 Å². The van der Waals surface area contributed by atoms with Crippen molar-refractivity contribution >= 4 is 45.7 Å². The molecular formula is C16H18N4O4S2. The van der Waals surface area contributed by atoms with Gasteiger partial charge in [0.1, 0.15) is 5.01 Å². The first-order valence-electron chi connectivity index (χ1n) is 7.92. The number of nitrogens with one attached hydrogen (secondary N) is 2. The van der Waals surface area contributed by atoms with Crippen molar-refractivity contribution in [3.05, 3.63) is 23.2 Å². The van der Waals surface area contributed by atoms with Crippen molar-refractivity contribution in [2.24, 2.45) is 0 Å². The number of aromatic nitrogens is 2. The molecule has 8 nitrogen and oxygen atoms in total. The fraction of sp³-hybridized carbons (Fsp3) is 0.375. The molecule has 10 heteroatoms. The maximum Gasteiger partial charge on any atom is 0.236 e. The summed E-state index contributed by atoms with van der Waals surface area (Å²) in [6.45, 7) is 4.21. The Labute approximate surface area is 158 Å². The van der Waals surface area contributed by atoms with E-state index >= 15 is 0 Å². The summed E-state index contributed by atoms with van der Waals surface area (Å²) in [6.07, 6.45) is 0. The lowest BCUT2D eigenvalue weighted by atomic mass is 10.2. The fourth-order valence-corrected chi connectivity index (χ4v) is 3.46. The molecule has 1 aliphatic heterocycles. The summed E-state index contributed by atoms with van der Waals surface area (Å²) in [5.41, 5.74) is 0.624. The molecule has 1 aromatic heterocycles. The SMILES string of the molecule is CC(C)c1nnc(NC(=O)CSCC(=O)Nc2ccc3c(c2)OCO3)s1. The molecular weight excluding hydrogens is 376 g/mol. The Kier molecular flexibility index (Phi) is 5.94. The first-order valence-corrected chi connectivity index (χ1v) is 9.89. The molecule has 0 aliphatic carbocycles. The van der Waals surface area contributed by atoms with Crippen LogP contribution in [0.4, 0.5) is 10.8 Å². The number of hydrogen-bond acceptors (Lipinski definition) is 8. The van der Waals surface area contributed by atoms with E-state index in [9.17, 15) is 9.59 Å². The maximum absolute atomic E-state index is 12.0. The minimum absolute atomic E-state index is 0.158. The van der Waals surface area contributed by atoms with Gasteiger partial charge in [-0.3, -0.25) is 14.9 Å². The average molecular weight is 394 g/mol. The van der Waals surface area contributed by atoms with Gasteiger partial charge in [0, 0.05) is 17.7 Å². The van der Waals surface area contributed by atoms with Crippen LogP contribution in [0.1, 0.15) is 24.8 Å². The normalized spacial score (nSPS) is 12.3. The van der Waals surface area contributed by atoms with Gasteiger partial charge in [0.2, 0.25) is 23.7 Å². The van der Waals surface area contributed by atoms with E-state index in [0.29, 0.717) is 22.3 Å². The van der Waals surface area contributed by atoms with E-state index in [1.54, 1.807) is 18.2 Å². The molecule has 0 unspecified atom stereocenters. The molecule has 1 aliphatic rings. The van der Waals surface area contributed by atoms with E-state index in [2.05, 4.69) is 20.8 Å². The van der Waals surface area contributed by atoms with Crippen molar-refractivity contribution in [2.45, 2.75) is 19.8 Å². The molecule has 2 aromatic rings. The highest BCUT2D eigenvalue weighted by atomic mass is 32.2. The van der Waals surface area contributed by atoms with Crippen LogP contribution in [0.3, 0.4) is 0 Å². The summed E-state index contributed by atoms with van der Waals surface area (Å²) in [5, 5.41) is 14.7. The number of carbonyl (C=O) groups is 2. The summed E-state index contributed by atoms with van der Waals surface area (Å²) >= 11 is 2.58. The van der Waals surface area contributed by atoms with Crippen LogP contribution in [0.25, 0.3) is 0 Å². The zero-order valence-electron chi connectivity index (χ0n) is 14.3. The fourth-order valence-electron chi connectivity index (χ4n) is 2.08. The molecule has 2 heterocycles. The number of anilines is 2. The summed E-state index contributed by atoms with van der Waals surface area (Å²) in [6, 6.07) is 5.19. The second-order valence-corrected chi connectivity index (χ2v) is 7.75. The highest BCUT2D eigenvalue weighted by Crippen LogP contribution is 2.34. The number of ether oxygens (including phenoxy) is 2. The Balaban J connectivity index is 1.39. The van der Waals surface area contributed by atoms with Gasteiger partial charge in [-0.1, -0.05) is 25.2 Å². The third-order valence-electron chi connectivity index (χ3n) is 3.30. The molecule has 0 saturated heterocycles. The maximum atomic E-state index is 12.0. The Morgan fingerprint density at radius 3 is 2.62 bits per heavy atom. The van der Waals surface area contributed by atoms with Crippen molar-refractivity contribution in [3.63, 3.8) is 0 Å². The Morgan fingerprint density at radius 1 is 1.15 bits per heavy atom. The number of carbonyl (C=O) groups excluding carboxylic acids is 2. The highest BCUT2D eigenvalue weighted by Gasteiger charge is 2.15. The van der Waals surface area contributed by atoms with E-state index in [0.717, 1.165) is 5.01 Å². The van der Waals surface area contributed by atoms with Crippen LogP contribution >= 0.6 is 23.1 Å². The lowest BCUT2D eigenvalue weighted by molar-refractivity contribution is -0.114. The molecule has 0 radical (unpaired) electrons. The lowest BCUT2D eigenvalue weighted by Crippen LogP contribution is -2.18. The molecule has 0 atom stereocenters. The quantitative estimate of drug-likeness (QED) is 0.744. The van der Waals surface area contributed by atoms with Gasteiger partial charge in [-0.25, -0.2) is 0 Å². The van der Waals surface area contributed by atoms with Crippen molar-refractivity contribution in [1.29, 1.82) is 0 Å². The highest BCUT2D eigenvalue weighted by molar-refractivity contribution is 8.00. The van der Waals surface area contributed by atoms with Crippen LogP contribution in [0.2, 0.25) is 0 Å². The minimum atomic E-state index is -0.211. The Morgan fingerprint density at radius 2 is 1.88 bits per heavy atom. The zero-order valence-corrected chi connectivity index (χ0v) is 15.9. The number of benzene rings is 1. The third kappa shape index (κ3) is 4.85. The largest absolute Gasteiger partial charge is 0.454 e. The van der Waals surface area contributed by atoms with E-state index in [1.807, 2.05) is 13.8 Å². The van der Waals surface area contributed by atoms with Crippen LogP contribution in [-0.2, 0) is 9.59 Å². The summed E-state index contributed by atoms with van der Waals surface area (Å²) < 4.78 is 10.5. The predicted octanol–water partition coefficient (Wildman–Crippen LogP) is 2.70. The van der Waals surface area contributed by atoms with Gasteiger partial charge in [-0.05, 0) is 12.1 Å². The first kappa shape index (κ1) is 18.5. The molecule has 0 bridgehead atoms. The number of amides is 2. The van der Waals surface area contributed by atoms with Gasteiger partial charge < -0.3 is 14.8 Å². The topological polar surface area (TPSA) is 102 Å². The van der Waals surface area contributed by atoms with Gasteiger partial charge >= 0.3 is 0 Å². The average Bonchev–Trinajstić information content (AvgIpc) is 3.23. The lowest BCUT2D eigenvalue weighted by Gasteiger charge is -2.06. The summed E-state index contributed by atoms with van der Waals surface area (Å²) in [7, 11) is 0. The molecule has 138 valence electrons. The number of hydrogen-bond donors (Lipinski definition) is 2. The van der Waals surface area contributed by atoms with Gasteiger partial charge in [0.05, 0.1) is 11.5 Å². The van der Waals surface area contributed by atoms with E-state index in [1.165, 1.54) is 23.1 Å². The minimum Gasteiger partial charge on any atom is -0.454 e. The van der Waals surface area contributed by atoms with Crippen LogP contribution in [-0.4, -0.2) is 40.3 Å². The molecule has 0 spiro atoms. The van der Waals surface area contributed by atoms with E-state index in [4.69, 9.17) is 9.47 Å². The summed E-state index contributed by atoms with van der Waals surface area (Å²) in [5.74, 6) is 1.45. The van der Waals surface area contributed by atoms with Gasteiger partial charge in [0.15, 0.2) is 11.5 Å². The number of thioether (sulfide) groups is 1. The standard InChI is InChI=1S/C16H18N4O4S2/c1-9(2)15-19-20-16(26-15)18-14(22)7-25-6-13(21)17-10-3-4-11-12(5-10)24-8-23-11/h3-5,9H,6-8H2,1-2H3,(H,17,21)(H,18,20,22). The van der Waals surface area contributed by atoms with E-state index in [-0.39, 0.29) is 36.0 Å². The second kappa shape index (κ2) is 8.37. The van der Waals surface area contributed by atoms with E-state index < -0.39 is 0 Å². The van der Waals surface area contributed by atoms with Crippen molar-refractivity contribution in [1.82, 2.24) is 10.2 Å².